The number of hydrogen-bond donors (Lipinski definition) is 1. The van der Waals surface area contributed by atoms with Crippen LogP contribution in [0.1, 0.15) is 11.1 Å². The van der Waals surface area contributed by atoms with Gasteiger partial charge in [0.15, 0.2) is 0 Å². The first-order valence-electron chi connectivity index (χ1n) is 4.77. The van der Waals surface area contributed by atoms with E-state index in [-0.39, 0.29) is 5.69 Å². The van der Waals surface area contributed by atoms with Gasteiger partial charge in [0.1, 0.15) is 0 Å². The molecule has 88 valence electrons. The average molecular weight is 235 g/mol. The second-order valence-corrected chi connectivity index (χ2v) is 3.58. The van der Waals surface area contributed by atoms with Crippen molar-refractivity contribution in [1.82, 2.24) is 20.2 Å². The normalized spacial score (nSPS) is 10.5. The van der Waals surface area contributed by atoms with E-state index < -0.39 is 10.6 Å². The average Bonchev–Trinajstić information content (AvgIpc) is 2.68. The zero-order chi connectivity index (χ0) is 12.6. The number of nitro groups is 1. The van der Waals surface area contributed by atoms with E-state index in [0.717, 1.165) is 10.2 Å². The number of benzene rings is 1. The van der Waals surface area contributed by atoms with Gasteiger partial charge in [0, 0.05) is 12.1 Å². The van der Waals surface area contributed by atoms with Gasteiger partial charge >= 0.3 is 5.69 Å². The molecule has 0 saturated carbocycles. The molecule has 0 spiro atoms. The Balaban J connectivity index is 2.73. The maximum Gasteiger partial charge on any atom is 0.365 e. The Bertz CT molecular complexity index is 642. The van der Waals surface area contributed by atoms with Crippen LogP contribution in [0.15, 0.2) is 16.9 Å². The molecule has 17 heavy (non-hydrogen) atoms. The molecule has 1 aromatic carbocycles. The molecule has 0 amide bonds. The predicted octanol–water partition coefficient (Wildman–Crippen LogP) is 0.481. The summed E-state index contributed by atoms with van der Waals surface area (Å²) in [5, 5.41) is 19.8. The van der Waals surface area contributed by atoms with E-state index in [1.807, 2.05) is 0 Å². The monoisotopic (exact) mass is 235 g/mol. The summed E-state index contributed by atoms with van der Waals surface area (Å²) in [5.74, 6) is 0. The van der Waals surface area contributed by atoms with Gasteiger partial charge in [-0.05, 0) is 35.4 Å². The molecule has 1 N–H and O–H groups in total. The summed E-state index contributed by atoms with van der Waals surface area (Å²) >= 11 is 0. The summed E-state index contributed by atoms with van der Waals surface area (Å²) in [6.07, 6.45) is 0. The van der Waals surface area contributed by atoms with E-state index in [2.05, 4.69) is 15.5 Å². The van der Waals surface area contributed by atoms with Gasteiger partial charge in [0.25, 0.3) is 5.69 Å². The molecule has 2 aromatic rings. The van der Waals surface area contributed by atoms with Gasteiger partial charge in [-0.2, -0.15) is 4.68 Å². The molecular weight excluding hydrogens is 226 g/mol. The molecule has 0 bridgehead atoms. The van der Waals surface area contributed by atoms with E-state index in [1.165, 1.54) is 12.1 Å². The number of nitrogens with zero attached hydrogens (tertiary/aromatic N) is 4. The highest BCUT2D eigenvalue weighted by atomic mass is 16.6. The smallest absolute Gasteiger partial charge is 0.258 e. The van der Waals surface area contributed by atoms with E-state index in [4.69, 9.17) is 0 Å². The Morgan fingerprint density at radius 2 is 2.12 bits per heavy atom. The molecule has 0 aliphatic heterocycles. The number of hydrogen-bond acceptors (Lipinski definition) is 5. The fourth-order valence-corrected chi connectivity index (χ4v) is 1.50. The Morgan fingerprint density at radius 3 is 2.65 bits per heavy atom. The van der Waals surface area contributed by atoms with Crippen molar-refractivity contribution in [2.75, 3.05) is 0 Å². The van der Waals surface area contributed by atoms with Crippen LogP contribution in [0.25, 0.3) is 5.69 Å². The number of nitro benzene ring substituents is 1. The lowest BCUT2D eigenvalue weighted by Gasteiger charge is -2.06. The van der Waals surface area contributed by atoms with Crippen LogP contribution in [0.5, 0.6) is 0 Å². The van der Waals surface area contributed by atoms with E-state index in [0.29, 0.717) is 11.3 Å². The molecule has 0 fully saturated rings. The van der Waals surface area contributed by atoms with Crippen molar-refractivity contribution in [1.29, 1.82) is 0 Å². The minimum Gasteiger partial charge on any atom is -0.258 e. The number of tetrazole rings is 1. The van der Waals surface area contributed by atoms with Crippen LogP contribution >= 0.6 is 0 Å². The maximum absolute atomic E-state index is 11.4. The first kappa shape index (κ1) is 11.0. The Kier molecular flexibility index (Phi) is 2.47. The van der Waals surface area contributed by atoms with Crippen LogP contribution in [0, 0.1) is 24.0 Å². The van der Waals surface area contributed by atoms with Crippen molar-refractivity contribution in [3.63, 3.8) is 0 Å². The van der Waals surface area contributed by atoms with Gasteiger partial charge < -0.3 is 0 Å². The summed E-state index contributed by atoms with van der Waals surface area (Å²) in [5.41, 5.74) is 1.19. The minimum absolute atomic E-state index is 0.0852. The first-order chi connectivity index (χ1) is 8.00. The topological polar surface area (TPSA) is 107 Å². The maximum atomic E-state index is 11.4. The highest BCUT2D eigenvalue weighted by molar-refractivity contribution is 5.52. The summed E-state index contributed by atoms with van der Waals surface area (Å²) in [7, 11) is 0. The summed E-state index contributed by atoms with van der Waals surface area (Å²) in [6.45, 7) is 3.49. The largest absolute Gasteiger partial charge is 0.365 e. The van der Waals surface area contributed by atoms with Gasteiger partial charge in [-0.3, -0.25) is 10.1 Å². The van der Waals surface area contributed by atoms with Crippen molar-refractivity contribution in [2.24, 2.45) is 0 Å². The zero-order valence-electron chi connectivity index (χ0n) is 9.17. The van der Waals surface area contributed by atoms with Gasteiger partial charge in [0.2, 0.25) is 0 Å². The molecular formula is C9H9N5O3. The van der Waals surface area contributed by atoms with Crippen molar-refractivity contribution in [3.8, 4) is 5.69 Å². The van der Waals surface area contributed by atoms with E-state index >= 15 is 0 Å². The van der Waals surface area contributed by atoms with Crippen LogP contribution in [-0.2, 0) is 0 Å². The number of aromatic nitrogens is 4. The Morgan fingerprint density at radius 1 is 1.41 bits per heavy atom. The Hall–Kier alpha value is -2.51. The fourth-order valence-electron chi connectivity index (χ4n) is 1.50. The number of H-pyrrole nitrogens is 1. The van der Waals surface area contributed by atoms with Gasteiger partial charge in [-0.25, -0.2) is 9.89 Å². The molecule has 0 unspecified atom stereocenters. The lowest BCUT2D eigenvalue weighted by atomic mass is 10.1. The number of aryl methyl sites for hydroxylation is 1. The number of aromatic amines is 1. The van der Waals surface area contributed by atoms with E-state index in [9.17, 15) is 14.9 Å². The summed E-state index contributed by atoms with van der Waals surface area (Å²) in [4.78, 5) is 21.6. The molecule has 0 saturated heterocycles. The Labute approximate surface area is 95.0 Å². The van der Waals surface area contributed by atoms with Crippen LogP contribution in [-0.4, -0.2) is 25.1 Å². The number of non-ortho nitro benzene ring substituents is 1. The van der Waals surface area contributed by atoms with Crippen molar-refractivity contribution < 1.29 is 4.92 Å². The van der Waals surface area contributed by atoms with Crippen LogP contribution in [0.2, 0.25) is 0 Å². The molecule has 1 heterocycles. The fraction of sp³-hybridized carbons (Fsp3) is 0.222. The SMILES string of the molecule is Cc1cc([N+](=O)[O-])cc(-n2nn[nH]c2=O)c1C. The van der Waals surface area contributed by atoms with Gasteiger partial charge in [0.05, 0.1) is 10.6 Å². The lowest BCUT2D eigenvalue weighted by molar-refractivity contribution is -0.384. The molecule has 0 aliphatic carbocycles. The first-order valence-corrected chi connectivity index (χ1v) is 4.77. The van der Waals surface area contributed by atoms with Gasteiger partial charge in [-0.15, -0.1) is 0 Å². The number of nitrogens with one attached hydrogen (secondary N) is 1. The summed E-state index contributed by atoms with van der Waals surface area (Å²) in [6, 6.07) is 2.75. The van der Waals surface area contributed by atoms with E-state index in [1.54, 1.807) is 13.8 Å². The molecule has 2 rings (SSSR count). The molecule has 1 aromatic heterocycles. The highest BCUT2D eigenvalue weighted by Gasteiger charge is 2.15. The van der Waals surface area contributed by atoms with Crippen molar-refractivity contribution in [2.45, 2.75) is 13.8 Å². The molecule has 8 heteroatoms. The molecule has 8 nitrogen and oxygen atoms in total. The quantitative estimate of drug-likeness (QED) is 0.601. The lowest BCUT2D eigenvalue weighted by Crippen LogP contribution is -2.17. The van der Waals surface area contributed by atoms with Crippen molar-refractivity contribution >= 4 is 5.69 Å². The molecule has 0 radical (unpaired) electrons. The second-order valence-electron chi connectivity index (χ2n) is 3.58. The zero-order valence-corrected chi connectivity index (χ0v) is 9.17. The van der Waals surface area contributed by atoms with Crippen LogP contribution in [0.4, 0.5) is 5.69 Å². The third kappa shape index (κ3) is 1.80. The third-order valence-corrected chi connectivity index (χ3v) is 2.54. The van der Waals surface area contributed by atoms with Crippen LogP contribution in [0.3, 0.4) is 0 Å². The highest BCUT2D eigenvalue weighted by Crippen LogP contribution is 2.23. The number of rotatable bonds is 2. The third-order valence-electron chi connectivity index (χ3n) is 2.54. The minimum atomic E-state index is -0.534. The molecule has 0 atom stereocenters. The van der Waals surface area contributed by atoms with Crippen molar-refractivity contribution in [3.05, 3.63) is 43.9 Å². The summed E-state index contributed by atoms with van der Waals surface area (Å²) < 4.78 is 0.995. The van der Waals surface area contributed by atoms with Crippen LogP contribution < -0.4 is 5.69 Å². The second kappa shape index (κ2) is 3.81. The molecule has 0 aliphatic rings. The predicted molar refractivity (Wildman–Crippen MR) is 58.1 cm³/mol. The standard InChI is InChI=1S/C9H9N5O3/c1-5-3-7(14(16)17)4-8(6(5)2)13-9(15)10-11-12-13/h3-4H,1-2H3,(H,10,12,15). The van der Waals surface area contributed by atoms with Gasteiger partial charge in [-0.1, -0.05) is 0 Å².